The Labute approximate surface area is 234 Å². The zero-order chi connectivity index (χ0) is 27.5. The van der Waals surface area contributed by atoms with Crippen molar-refractivity contribution >= 4 is 51.7 Å². The Morgan fingerprint density at radius 2 is 1.95 bits per heavy atom. The van der Waals surface area contributed by atoms with E-state index in [1.807, 2.05) is 37.3 Å². The third kappa shape index (κ3) is 5.55. The van der Waals surface area contributed by atoms with Gasteiger partial charge in [0.25, 0.3) is 11.5 Å². The first kappa shape index (κ1) is 26.5. The second-order valence-electron chi connectivity index (χ2n) is 8.82. The van der Waals surface area contributed by atoms with Gasteiger partial charge < -0.3 is 19.2 Å². The molecular weight excluding hydrogens is 536 g/mol. The number of hydrogen-bond donors (Lipinski definition) is 1. The van der Waals surface area contributed by atoms with Gasteiger partial charge in [-0.2, -0.15) is 0 Å². The summed E-state index contributed by atoms with van der Waals surface area (Å²) in [5, 5.41) is 3.19. The van der Waals surface area contributed by atoms with Gasteiger partial charge in [-0.15, -0.1) is 0 Å². The zero-order valence-corrected chi connectivity index (χ0v) is 23.2. The van der Waals surface area contributed by atoms with Crippen molar-refractivity contribution in [3.8, 4) is 11.5 Å². The van der Waals surface area contributed by atoms with Gasteiger partial charge >= 0.3 is 0 Å². The van der Waals surface area contributed by atoms with Crippen LogP contribution in [0.4, 0.5) is 5.82 Å². The summed E-state index contributed by atoms with van der Waals surface area (Å²) in [4.78, 5) is 33.5. The van der Waals surface area contributed by atoms with E-state index in [9.17, 15) is 9.59 Å². The number of fused-ring (bicyclic) bond motifs is 1. The highest BCUT2D eigenvalue weighted by atomic mass is 32.2. The summed E-state index contributed by atoms with van der Waals surface area (Å²) >= 11 is 6.70. The molecule has 4 aromatic rings. The van der Waals surface area contributed by atoms with E-state index in [-0.39, 0.29) is 17.0 Å². The van der Waals surface area contributed by atoms with Crippen molar-refractivity contribution in [2.75, 3.05) is 26.1 Å². The SMILES string of the molecule is COc1ccc(CCN2C(=O)/C(=C\c3c(NCc4ccco4)nc4ccc(C)cn4c3=O)SC2=S)cc1OC. The van der Waals surface area contributed by atoms with Crippen molar-refractivity contribution in [2.24, 2.45) is 0 Å². The van der Waals surface area contributed by atoms with Crippen molar-refractivity contribution < 1.29 is 18.7 Å². The maximum Gasteiger partial charge on any atom is 0.267 e. The van der Waals surface area contributed by atoms with Gasteiger partial charge in [-0.1, -0.05) is 36.1 Å². The number of nitrogens with one attached hydrogen (secondary N) is 1. The van der Waals surface area contributed by atoms with Crippen LogP contribution in [0.25, 0.3) is 11.7 Å². The molecule has 0 saturated carbocycles. The fourth-order valence-electron chi connectivity index (χ4n) is 4.21. The lowest BCUT2D eigenvalue weighted by Crippen LogP contribution is -2.30. The number of anilines is 1. The quantitative estimate of drug-likeness (QED) is 0.231. The molecule has 4 heterocycles. The number of thioether (sulfide) groups is 1. The number of benzene rings is 1. The number of rotatable bonds is 9. The first-order chi connectivity index (χ1) is 18.9. The van der Waals surface area contributed by atoms with Gasteiger partial charge in [-0.3, -0.25) is 18.9 Å². The van der Waals surface area contributed by atoms with E-state index in [0.717, 1.165) is 11.1 Å². The molecule has 200 valence electrons. The smallest absolute Gasteiger partial charge is 0.267 e. The van der Waals surface area contributed by atoms with Crippen LogP contribution in [0.2, 0.25) is 0 Å². The number of nitrogens with zero attached hydrogens (tertiary/aromatic N) is 3. The summed E-state index contributed by atoms with van der Waals surface area (Å²) in [5.74, 6) is 2.05. The molecular formula is C28H26N4O5S2. The molecule has 0 bridgehead atoms. The van der Waals surface area contributed by atoms with Crippen LogP contribution < -0.4 is 20.3 Å². The molecule has 0 unspecified atom stereocenters. The summed E-state index contributed by atoms with van der Waals surface area (Å²) in [6.07, 6.45) is 5.45. The van der Waals surface area contributed by atoms with Gasteiger partial charge in [-0.25, -0.2) is 4.98 Å². The Morgan fingerprint density at radius 1 is 1.13 bits per heavy atom. The molecule has 3 aromatic heterocycles. The van der Waals surface area contributed by atoms with Gasteiger partial charge in [0, 0.05) is 12.7 Å². The van der Waals surface area contributed by atoms with Crippen LogP contribution in [0, 0.1) is 6.92 Å². The minimum Gasteiger partial charge on any atom is -0.493 e. The van der Waals surface area contributed by atoms with Gasteiger partial charge in [0.15, 0.2) is 11.5 Å². The molecule has 1 fully saturated rings. The van der Waals surface area contributed by atoms with E-state index in [1.54, 1.807) is 49.8 Å². The Bertz CT molecular complexity index is 1650. The lowest BCUT2D eigenvalue weighted by Gasteiger charge is -2.15. The van der Waals surface area contributed by atoms with E-state index >= 15 is 0 Å². The molecule has 0 radical (unpaired) electrons. The molecule has 0 spiro atoms. The first-order valence-corrected chi connectivity index (χ1v) is 13.4. The second kappa shape index (κ2) is 11.3. The molecule has 1 aliphatic rings. The monoisotopic (exact) mass is 562 g/mol. The van der Waals surface area contributed by atoms with Crippen LogP contribution >= 0.6 is 24.0 Å². The van der Waals surface area contributed by atoms with Crippen LogP contribution in [0.15, 0.2) is 69.0 Å². The topological polar surface area (TPSA) is 98.3 Å². The fraction of sp³-hybridized carbons (Fsp3) is 0.214. The number of ether oxygens (including phenoxy) is 2. The summed E-state index contributed by atoms with van der Waals surface area (Å²) in [6, 6.07) is 12.9. The van der Waals surface area contributed by atoms with E-state index in [0.29, 0.717) is 57.5 Å². The molecule has 1 N–H and O–H groups in total. The van der Waals surface area contributed by atoms with Gasteiger partial charge in [0.05, 0.1) is 37.5 Å². The Kier molecular flexibility index (Phi) is 7.71. The normalized spacial score (nSPS) is 14.4. The van der Waals surface area contributed by atoms with Crippen LogP contribution in [0.1, 0.15) is 22.5 Å². The molecule has 1 amide bonds. The summed E-state index contributed by atoms with van der Waals surface area (Å²) in [7, 11) is 3.16. The van der Waals surface area contributed by atoms with Crippen LogP contribution in [-0.4, -0.2) is 45.3 Å². The Balaban J connectivity index is 1.43. The van der Waals surface area contributed by atoms with Crippen molar-refractivity contribution in [1.29, 1.82) is 0 Å². The largest absolute Gasteiger partial charge is 0.493 e. The molecule has 39 heavy (non-hydrogen) atoms. The number of methoxy groups -OCH3 is 2. The molecule has 0 aliphatic carbocycles. The van der Waals surface area contributed by atoms with E-state index in [2.05, 4.69) is 10.3 Å². The second-order valence-corrected chi connectivity index (χ2v) is 10.5. The standard InChI is InChI=1S/C28H26N4O5S2/c1-17-6-9-24-30-25(29-15-19-5-4-12-37-19)20(26(33)32(24)16-17)14-23-27(34)31(28(38)39-23)11-10-18-7-8-21(35-2)22(13-18)36-3/h4-9,12-14,16,29H,10-11,15H2,1-3H3/b23-14+. The molecule has 1 aromatic carbocycles. The zero-order valence-electron chi connectivity index (χ0n) is 21.6. The average molecular weight is 563 g/mol. The molecule has 5 rings (SSSR count). The fourth-order valence-corrected chi connectivity index (χ4v) is 5.50. The molecule has 1 aliphatic heterocycles. The van der Waals surface area contributed by atoms with Crippen molar-refractivity contribution in [1.82, 2.24) is 14.3 Å². The number of pyridine rings is 1. The first-order valence-electron chi connectivity index (χ1n) is 12.1. The summed E-state index contributed by atoms with van der Waals surface area (Å²) in [5.41, 5.74) is 2.36. The lowest BCUT2D eigenvalue weighted by molar-refractivity contribution is -0.122. The number of amides is 1. The number of aromatic nitrogens is 2. The van der Waals surface area contributed by atoms with Gasteiger partial charge in [-0.05, 0) is 60.9 Å². The summed E-state index contributed by atoms with van der Waals surface area (Å²) < 4.78 is 18.0. The van der Waals surface area contributed by atoms with E-state index in [4.69, 9.17) is 26.1 Å². The molecule has 11 heteroatoms. The van der Waals surface area contributed by atoms with Gasteiger partial charge in [0.2, 0.25) is 0 Å². The minimum atomic E-state index is -0.291. The highest BCUT2D eigenvalue weighted by Crippen LogP contribution is 2.34. The molecule has 0 atom stereocenters. The number of carbonyl (C=O) groups excluding carboxylic acids is 1. The Morgan fingerprint density at radius 3 is 2.69 bits per heavy atom. The Hall–Kier alpha value is -4.09. The van der Waals surface area contributed by atoms with Crippen LogP contribution in [0.3, 0.4) is 0 Å². The third-order valence-electron chi connectivity index (χ3n) is 6.24. The van der Waals surface area contributed by atoms with Crippen LogP contribution in [0.5, 0.6) is 11.5 Å². The van der Waals surface area contributed by atoms with Crippen molar-refractivity contribution in [2.45, 2.75) is 19.9 Å². The average Bonchev–Trinajstić information content (AvgIpc) is 3.55. The third-order valence-corrected chi connectivity index (χ3v) is 7.61. The molecule has 1 saturated heterocycles. The number of hydrogen-bond acceptors (Lipinski definition) is 9. The highest BCUT2D eigenvalue weighted by Gasteiger charge is 2.32. The van der Waals surface area contributed by atoms with E-state index < -0.39 is 0 Å². The van der Waals surface area contributed by atoms with Crippen molar-refractivity contribution in [3.63, 3.8) is 0 Å². The maximum absolute atomic E-state index is 13.6. The summed E-state index contributed by atoms with van der Waals surface area (Å²) in [6.45, 7) is 2.61. The minimum absolute atomic E-state index is 0.254. The number of thiocarbonyl (C=S) groups is 1. The number of aryl methyl sites for hydroxylation is 1. The predicted octanol–water partition coefficient (Wildman–Crippen LogP) is 4.67. The highest BCUT2D eigenvalue weighted by molar-refractivity contribution is 8.26. The maximum atomic E-state index is 13.6. The number of furan rings is 1. The van der Waals surface area contributed by atoms with Gasteiger partial charge in [0.1, 0.15) is 21.5 Å². The predicted molar refractivity (Wildman–Crippen MR) is 155 cm³/mol. The molecule has 9 nitrogen and oxygen atoms in total. The van der Waals surface area contributed by atoms with E-state index in [1.165, 1.54) is 16.2 Å². The number of carbonyl (C=O) groups is 1. The van der Waals surface area contributed by atoms with Crippen LogP contribution in [-0.2, 0) is 17.8 Å². The lowest BCUT2D eigenvalue weighted by atomic mass is 10.1. The van der Waals surface area contributed by atoms with Crippen molar-refractivity contribution in [3.05, 3.63) is 92.6 Å².